The van der Waals surface area contributed by atoms with E-state index in [1.807, 2.05) is 32.0 Å². The molecule has 2 amide bonds. The van der Waals surface area contributed by atoms with Crippen LogP contribution in [0, 0.1) is 0 Å². The van der Waals surface area contributed by atoms with Gasteiger partial charge in [-0.3, -0.25) is 25.8 Å². The molecule has 0 radical (unpaired) electrons. The van der Waals surface area contributed by atoms with Crippen LogP contribution in [0.1, 0.15) is 57.0 Å². The number of thiocarbonyl (C=S) groups is 1. The molecule has 0 saturated heterocycles. The third-order valence-corrected chi connectivity index (χ3v) is 5.53. The molecule has 0 bridgehead atoms. The van der Waals surface area contributed by atoms with Crippen molar-refractivity contribution in [2.75, 3.05) is 6.61 Å². The predicted molar refractivity (Wildman–Crippen MR) is 137 cm³/mol. The topological polar surface area (TPSA) is 88.7 Å². The van der Waals surface area contributed by atoms with Gasteiger partial charge in [-0.05, 0) is 82.8 Å². The minimum atomic E-state index is -0.456. The Morgan fingerprint density at radius 2 is 1.85 bits per heavy atom. The Balaban J connectivity index is 1.81. The molecule has 2 aromatic carbocycles. The lowest BCUT2D eigenvalue weighted by Crippen LogP contribution is -2.49. The van der Waals surface area contributed by atoms with Gasteiger partial charge in [0.15, 0.2) is 11.7 Å². The number of hydrogen-bond donors (Lipinski definition) is 3. The molecule has 178 valence electrons. The van der Waals surface area contributed by atoms with Crippen LogP contribution in [0.5, 0.6) is 11.5 Å². The van der Waals surface area contributed by atoms with E-state index in [1.165, 1.54) is 0 Å². The number of ether oxygens (including phenoxy) is 2. The summed E-state index contributed by atoms with van der Waals surface area (Å²) in [6.45, 7) is 10.1. The Morgan fingerprint density at radius 3 is 2.48 bits per heavy atom. The van der Waals surface area contributed by atoms with E-state index in [0.717, 1.165) is 16.5 Å². The van der Waals surface area contributed by atoms with E-state index >= 15 is 0 Å². The summed E-state index contributed by atoms with van der Waals surface area (Å²) in [5.41, 5.74) is 6.43. The van der Waals surface area contributed by atoms with Crippen molar-refractivity contribution in [1.29, 1.82) is 0 Å². The van der Waals surface area contributed by atoms with Crippen molar-refractivity contribution in [3.05, 3.63) is 58.1 Å². The monoisotopic (exact) mass is 535 g/mol. The number of rotatable bonds is 7. The highest BCUT2D eigenvalue weighted by Gasteiger charge is 2.16. The fourth-order valence-electron chi connectivity index (χ4n) is 2.62. The van der Waals surface area contributed by atoms with Crippen molar-refractivity contribution in [1.82, 2.24) is 16.2 Å². The first-order chi connectivity index (χ1) is 15.5. The average Bonchev–Trinajstić information content (AvgIpc) is 2.76. The van der Waals surface area contributed by atoms with Crippen LogP contribution in [0.3, 0.4) is 0 Å². The second-order valence-corrected chi connectivity index (χ2v) is 9.77. The molecule has 1 unspecified atom stereocenters. The third kappa shape index (κ3) is 8.66. The molecule has 0 heterocycles. The summed E-state index contributed by atoms with van der Waals surface area (Å²) in [7, 11) is 0. The van der Waals surface area contributed by atoms with Gasteiger partial charge in [-0.15, -0.1) is 0 Å². The molecule has 0 aliphatic carbocycles. The highest BCUT2D eigenvalue weighted by Crippen LogP contribution is 2.31. The molecule has 2 rings (SSSR count). The Kier molecular flexibility index (Phi) is 9.67. The first-order valence-electron chi connectivity index (χ1n) is 10.6. The number of hydrazine groups is 1. The summed E-state index contributed by atoms with van der Waals surface area (Å²) in [5, 5.41) is 2.47. The molecule has 0 fully saturated rings. The SMILES string of the molecule is CCC(C)Oc1cccc(C(=O)NC(=S)NNC(=O)COc2ccc(C(C)(C)C)cc2Br)c1. The second-order valence-electron chi connectivity index (χ2n) is 8.50. The van der Waals surface area contributed by atoms with Crippen molar-refractivity contribution < 1.29 is 19.1 Å². The van der Waals surface area contributed by atoms with Crippen molar-refractivity contribution >= 4 is 45.1 Å². The van der Waals surface area contributed by atoms with Crippen LogP contribution in [0.15, 0.2) is 46.9 Å². The maximum absolute atomic E-state index is 12.4. The van der Waals surface area contributed by atoms with Crippen LogP contribution in [-0.2, 0) is 10.2 Å². The fraction of sp³-hybridized carbons (Fsp3) is 0.375. The van der Waals surface area contributed by atoms with Gasteiger partial charge in [0, 0.05) is 5.56 Å². The molecule has 2 aromatic rings. The van der Waals surface area contributed by atoms with Crippen LogP contribution < -0.4 is 25.6 Å². The Morgan fingerprint density at radius 1 is 1.12 bits per heavy atom. The maximum Gasteiger partial charge on any atom is 0.276 e. The van der Waals surface area contributed by atoms with Gasteiger partial charge in [-0.25, -0.2) is 0 Å². The van der Waals surface area contributed by atoms with Gasteiger partial charge in [0.1, 0.15) is 11.5 Å². The largest absolute Gasteiger partial charge is 0.491 e. The lowest BCUT2D eigenvalue weighted by atomic mass is 9.87. The van der Waals surface area contributed by atoms with E-state index in [9.17, 15) is 9.59 Å². The standard InChI is InChI=1S/C24H30BrN3O4S/c1-6-15(2)32-18-9-7-8-16(12-18)22(30)26-23(33)28-27-21(29)14-31-20-11-10-17(13-19(20)25)24(3,4)5/h7-13,15H,6,14H2,1-5H3,(H,27,29)(H2,26,28,30,33). The highest BCUT2D eigenvalue weighted by atomic mass is 79.9. The molecule has 0 spiro atoms. The van der Waals surface area contributed by atoms with E-state index in [4.69, 9.17) is 21.7 Å². The van der Waals surface area contributed by atoms with Gasteiger partial charge in [-0.1, -0.05) is 39.8 Å². The zero-order valence-electron chi connectivity index (χ0n) is 19.5. The number of nitrogens with one attached hydrogen (secondary N) is 3. The highest BCUT2D eigenvalue weighted by molar-refractivity contribution is 9.10. The average molecular weight is 536 g/mol. The number of halogens is 1. The van der Waals surface area contributed by atoms with Crippen LogP contribution in [-0.4, -0.2) is 29.6 Å². The van der Waals surface area contributed by atoms with Crippen molar-refractivity contribution in [2.24, 2.45) is 0 Å². The first kappa shape index (κ1) is 26.6. The summed E-state index contributed by atoms with van der Waals surface area (Å²) < 4.78 is 12.1. The molecule has 0 aliphatic rings. The maximum atomic E-state index is 12.4. The van der Waals surface area contributed by atoms with E-state index in [2.05, 4.69) is 52.9 Å². The predicted octanol–water partition coefficient (Wildman–Crippen LogP) is 4.64. The zero-order valence-corrected chi connectivity index (χ0v) is 21.9. The molecule has 0 saturated carbocycles. The molecule has 33 heavy (non-hydrogen) atoms. The molecule has 7 nitrogen and oxygen atoms in total. The van der Waals surface area contributed by atoms with Crippen molar-refractivity contribution in [3.8, 4) is 11.5 Å². The minimum absolute atomic E-state index is 0.00471. The molecule has 1 atom stereocenters. The third-order valence-electron chi connectivity index (χ3n) is 4.71. The van der Waals surface area contributed by atoms with Gasteiger partial charge >= 0.3 is 0 Å². The van der Waals surface area contributed by atoms with E-state index in [-0.39, 0.29) is 23.2 Å². The Hall–Kier alpha value is -2.65. The molecule has 0 aromatic heterocycles. The lowest BCUT2D eigenvalue weighted by Gasteiger charge is -2.20. The number of amides is 2. The number of carbonyl (C=O) groups is 2. The number of hydrogen-bond acceptors (Lipinski definition) is 5. The van der Waals surface area contributed by atoms with Crippen LogP contribution in [0.4, 0.5) is 0 Å². The Bertz CT molecular complexity index is 1010. The van der Waals surface area contributed by atoms with Crippen molar-refractivity contribution in [2.45, 2.75) is 52.6 Å². The fourth-order valence-corrected chi connectivity index (χ4v) is 3.26. The summed E-state index contributed by atoms with van der Waals surface area (Å²) >= 11 is 8.55. The molecule has 9 heteroatoms. The first-order valence-corrected chi connectivity index (χ1v) is 11.8. The molecule has 3 N–H and O–H groups in total. The van der Waals surface area contributed by atoms with Crippen LogP contribution in [0.2, 0.25) is 0 Å². The minimum Gasteiger partial charge on any atom is -0.491 e. The second kappa shape index (κ2) is 12.0. The van der Waals surface area contributed by atoms with Crippen LogP contribution >= 0.6 is 28.1 Å². The normalized spacial score (nSPS) is 11.8. The summed E-state index contributed by atoms with van der Waals surface area (Å²) in [6, 6.07) is 12.6. The summed E-state index contributed by atoms with van der Waals surface area (Å²) in [6.07, 6.45) is 0.896. The van der Waals surface area contributed by atoms with Crippen molar-refractivity contribution in [3.63, 3.8) is 0 Å². The van der Waals surface area contributed by atoms with Gasteiger partial charge in [-0.2, -0.15) is 0 Å². The van der Waals surface area contributed by atoms with Gasteiger partial charge in [0.2, 0.25) is 0 Å². The van der Waals surface area contributed by atoms with E-state index in [0.29, 0.717) is 17.1 Å². The molecular weight excluding hydrogens is 506 g/mol. The zero-order chi connectivity index (χ0) is 24.6. The lowest BCUT2D eigenvalue weighted by molar-refractivity contribution is -0.123. The summed E-state index contributed by atoms with van der Waals surface area (Å²) in [4.78, 5) is 24.5. The van der Waals surface area contributed by atoms with Gasteiger partial charge < -0.3 is 9.47 Å². The summed E-state index contributed by atoms with van der Waals surface area (Å²) in [5.74, 6) is 0.273. The quantitative estimate of drug-likeness (QED) is 0.353. The molecule has 0 aliphatic heterocycles. The van der Waals surface area contributed by atoms with Gasteiger partial charge in [0.25, 0.3) is 11.8 Å². The smallest absolute Gasteiger partial charge is 0.276 e. The van der Waals surface area contributed by atoms with E-state index in [1.54, 1.807) is 24.3 Å². The van der Waals surface area contributed by atoms with Gasteiger partial charge in [0.05, 0.1) is 10.6 Å². The Labute approximate surface area is 208 Å². The van der Waals surface area contributed by atoms with Crippen LogP contribution in [0.25, 0.3) is 0 Å². The van der Waals surface area contributed by atoms with E-state index < -0.39 is 11.8 Å². The number of carbonyl (C=O) groups excluding carboxylic acids is 2. The number of benzene rings is 2. The molecular formula is C24H30BrN3O4S.